The number of benzene rings is 1. The summed E-state index contributed by atoms with van der Waals surface area (Å²) in [7, 11) is 0. The monoisotopic (exact) mass is 278 g/mol. The van der Waals surface area contributed by atoms with Crippen LogP contribution >= 0.6 is 0 Å². The number of fused-ring (bicyclic) bond motifs is 1. The molecule has 3 N–H and O–H groups in total. The molecule has 2 atom stereocenters. The van der Waals surface area contributed by atoms with Crippen LogP contribution in [-0.4, -0.2) is 50.0 Å². The Kier molecular flexibility index (Phi) is 3.75. The van der Waals surface area contributed by atoms with Crippen molar-refractivity contribution in [1.29, 1.82) is 0 Å². The first-order chi connectivity index (χ1) is 9.74. The van der Waals surface area contributed by atoms with E-state index in [9.17, 15) is 9.90 Å². The van der Waals surface area contributed by atoms with Crippen molar-refractivity contribution in [1.82, 2.24) is 10.6 Å². The van der Waals surface area contributed by atoms with Crippen molar-refractivity contribution < 1.29 is 19.4 Å². The number of hydrogen-bond donors (Lipinski definition) is 3. The summed E-state index contributed by atoms with van der Waals surface area (Å²) in [6.07, 6.45) is -0.393. The summed E-state index contributed by atoms with van der Waals surface area (Å²) in [5, 5.41) is 15.6. The van der Waals surface area contributed by atoms with E-state index in [-0.39, 0.29) is 11.8 Å². The van der Waals surface area contributed by atoms with Crippen LogP contribution in [-0.2, 0) is 0 Å². The number of amides is 1. The van der Waals surface area contributed by atoms with Crippen LogP contribution in [0.5, 0.6) is 11.5 Å². The number of aliphatic hydroxyl groups excluding tert-OH is 1. The predicted molar refractivity (Wildman–Crippen MR) is 72.1 cm³/mol. The number of carbonyl (C=O) groups excluding carboxylic acids is 1. The van der Waals surface area contributed by atoms with Gasteiger partial charge in [-0.1, -0.05) is 0 Å². The minimum absolute atomic E-state index is 0.0659. The van der Waals surface area contributed by atoms with Gasteiger partial charge in [-0.05, 0) is 18.2 Å². The molecule has 108 valence electrons. The van der Waals surface area contributed by atoms with Crippen LogP contribution in [0.1, 0.15) is 10.4 Å². The average molecular weight is 278 g/mol. The maximum Gasteiger partial charge on any atom is 0.251 e. The van der Waals surface area contributed by atoms with Gasteiger partial charge >= 0.3 is 0 Å². The topological polar surface area (TPSA) is 79.8 Å². The summed E-state index contributed by atoms with van der Waals surface area (Å²) in [6.45, 7) is 2.80. The standard InChI is InChI=1S/C14H18N2O4/c17-11-8-15-6-10(11)7-16-14(18)9-1-2-12-13(5-9)20-4-3-19-12/h1-2,5,10-11,15,17H,3-4,6-8H2,(H,16,18). The van der Waals surface area contributed by atoms with Crippen LogP contribution in [0.25, 0.3) is 0 Å². The van der Waals surface area contributed by atoms with Gasteiger partial charge in [-0.15, -0.1) is 0 Å². The second kappa shape index (κ2) is 5.68. The van der Waals surface area contributed by atoms with Crippen LogP contribution in [0.2, 0.25) is 0 Å². The highest BCUT2D eigenvalue weighted by Gasteiger charge is 2.25. The maximum absolute atomic E-state index is 12.1. The maximum atomic E-state index is 12.1. The Morgan fingerprint density at radius 1 is 1.30 bits per heavy atom. The third-order valence-corrected chi connectivity index (χ3v) is 3.63. The van der Waals surface area contributed by atoms with Crippen LogP contribution in [0, 0.1) is 5.92 Å². The number of ether oxygens (including phenoxy) is 2. The zero-order valence-electron chi connectivity index (χ0n) is 11.1. The average Bonchev–Trinajstić information content (AvgIpc) is 2.89. The minimum atomic E-state index is -0.393. The molecule has 0 saturated carbocycles. The van der Waals surface area contributed by atoms with E-state index < -0.39 is 6.10 Å². The second-order valence-electron chi connectivity index (χ2n) is 5.05. The van der Waals surface area contributed by atoms with Gasteiger partial charge in [-0.2, -0.15) is 0 Å². The SMILES string of the molecule is O=C(NCC1CNCC1O)c1ccc2c(c1)OCCO2. The summed E-state index contributed by atoms with van der Waals surface area (Å²) in [5.74, 6) is 1.17. The normalized spacial score (nSPS) is 24.4. The van der Waals surface area contributed by atoms with Gasteiger partial charge < -0.3 is 25.2 Å². The first-order valence-electron chi connectivity index (χ1n) is 6.80. The number of aliphatic hydroxyl groups is 1. The third-order valence-electron chi connectivity index (χ3n) is 3.63. The Morgan fingerprint density at radius 3 is 2.85 bits per heavy atom. The largest absolute Gasteiger partial charge is 0.486 e. The molecule has 6 nitrogen and oxygen atoms in total. The molecule has 0 bridgehead atoms. The molecule has 2 heterocycles. The molecule has 1 saturated heterocycles. The second-order valence-corrected chi connectivity index (χ2v) is 5.05. The molecule has 3 rings (SSSR count). The van der Waals surface area contributed by atoms with E-state index >= 15 is 0 Å². The number of β-amino-alcohol motifs (C(OH)–C–C–N with tert-alkyl or cyclic N) is 1. The molecule has 0 spiro atoms. The van der Waals surface area contributed by atoms with Crippen molar-refractivity contribution in [2.24, 2.45) is 5.92 Å². The fourth-order valence-corrected chi connectivity index (χ4v) is 2.44. The Morgan fingerprint density at radius 2 is 2.10 bits per heavy atom. The molecule has 0 aliphatic carbocycles. The van der Waals surface area contributed by atoms with E-state index in [2.05, 4.69) is 10.6 Å². The summed E-state index contributed by atoms with van der Waals surface area (Å²) in [4.78, 5) is 12.1. The van der Waals surface area contributed by atoms with Crippen molar-refractivity contribution in [2.45, 2.75) is 6.10 Å². The van der Waals surface area contributed by atoms with E-state index in [1.54, 1.807) is 18.2 Å². The Bertz CT molecular complexity index is 506. The lowest BCUT2D eigenvalue weighted by Gasteiger charge is -2.19. The van der Waals surface area contributed by atoms with E-state index in [0.717, 1.165) is 6.54 Å². The summed E-state index contributed by atoms with van der Waals surface area (Å²) in [6, 6.07) is 5.15. The van der Waals surface area contributed by atoms with E-state index in [0.29, 0.717) is 43.4 Å². The minimum Gasteiger partial charge on any atom is -0.486 e. The van der Waals surface area contributed by atoms with E-state index in [4.69, 9.17) is 9.47 Å². The van der Waals surface area contributed by atoms with Crippen molar-refractivity contribution in [3.05, 3.63) is 23.8 Å². The molecule has 0 radical (unpaired) electrons. The zero-order chi connectivity index (χ0) is 13.9. The van der Waals surface area contributed by atoms with Gasteiger partial charge in [-0.3, -0.25) is 4.79 Å². The van der Waals surface area contributed by atoms with Crippen LogP contribution in [0.3, 0.4) is 0 Å². The first-order valence-corrected chi connectivity index (χ1v) is 6.80. The Labute approximate surface area is 117 Å². The first kappa shape index (κ1) is 13.2. The molecule has 1 aromatic rings. The fourth-order valence-electron chi connectivity index (χ4n) is 2.44. The third kappa shape index (κ3) is 2.71. The molecule has 2 unspecified atom stereocenters. The molecule has 0 aromatic heterocycles. The molecule has 20 heavy (non-hydrogen) atoms. The molecule has 6 heteroatoms. The summed E-state index contributed by atoms with van der Waals surface area (Å²) >= 11 is 0. The summed E-state index contributed by atoms with van der Waals surface area (Å²) < 4.78 is 10.9. The van der Waals surface area contributed by atoms with Crippen molar-refractivity contribution in [3.8, 4) is 11.5 Å². The summed E-state index contributed by atoms with van der Waals surface area (Å²) in [5.41, 5.74) is 0.537. The predicted octanol–water partition coefficient (Wildman–Crippen LogP) is -0.232. The van der Waals surface area contributed by atoms with Crippen molar-refractivity contribution >= 4 is 5.91 Å². The van der Waals surface area contributed by atoms with Gasteiger partial charge in [0, 0.05) is 31.1 Å². The lowest BCUT2D eigenvalue weighted by atomic mass is 10.1. The lowest BCUT2D eigenvalue weighted by Crippen LogP contribution is -2.34. The molecule has 1 aromatic carbocycles. The molecule has 1 amide bonds. The van der Waals surface area contributed by atoms with Crippen LogP contribution in [0.4, 0.5) is 0 Å². The molecule has 2 aliphatic heterocycles. The number of nitrogens with one attached hydrogen (secondary N) is 2. The highest BCUT2D eigenvalue weighted by molar-refractivity contribution is 5.94. The highest BCUT2D eigenvalue weighted by Crippen LogP contribution is 2.30. The van der Waals surface area contributed by atoms with Crippen LogP contribution < -0.4 is 20.1 Å². The van der Waals surface area contributed by atoms with Crippen molar-refractivity contribution in [3.63, 3.8) is 0 Å². The van der Waals surface area contributed by atoms with Crippen molar-refractivity contribution in [2.75, 3.05) is 32.8 Å². The smallest absolute Gasteiger partial charge is 0.251 e. The quantitative estimate of drug-likeness (QED) is 0.711. The van der Waals surface area contributed by atoms with Gasteiger partial charge in [0.25, 0.3) is 5.91 Å². The van der Waals surface area contributed by atoms with Crippen LogP contribution in [0.15, 0.2) is 18.2 Å². The van der Waals surface area contributed by atoms with Gasteiger partial charge in [-0.25, -0.2) is 0 Å². The molecule has 1 fully saturated rings. The fraction of sp³-hybridized carbons (Fsp3) is 0.500. The van der Waals surface area contributed by atoms with E-state index in [1.807, 2.05) is 0 Å². The Balaban J connectivity index is 1.62. The Hall–Kier alpha value is -1.79. The zero-order valence-corrected chi connectivity index (χ0v) is 11.1. The lowest BCUT2D eigenvalue weighted by molar-refractivity contribution is 0.0926. The van der Waals surface area contributed by atoms with Gasteiger partial charge in [0.05, 0.1) is 6.10 Å². The number of hydrogen-bond acceptors (Lipinski definition) is 5. The molecular weight excluding hydrogens is 260 g/mol. The van der Waals surface area contributed by atoms with Gasteiger partial charge in [0.1, 0.15) is 13.2 Å². The highest BCUT2D eigenvalue weighted by atomic mass is 16.6. The molecule has 2 aliphatic rings. The van der Waals surface area contributed by atoms with E-state index in [1.165, 1.54) is 0 Å². The van der Waals surface area contributed by atoms with Gasteiger partial charge in [0.2, 0.25) is 0 Å². The van der Waals surface area contributed by atoms with Gasteiger partial charge in [0.15, 0.2) is 11.5 Å². The number of carbonyl (C=O) groups is 1. The number of rotatable bonds is 3. The molecular formula is C14H18N2O4.